The highest BCUT2D eigenvalue weighted by atomic mass is 16.1. The van der Waals surface area contributed by atoms with Crippen LogP contribution in [0.5, 0.6) is 0 Å². The van der Waals surface area contributed by atoms with Crippen LogP contribution in [0.3, 0.4) is 0 Å². The molecule has 3 rings (SSSR count). The Morgan fingerprint density at radius 1 is 1.00 bits per heavy atom. The maximum Gasteiger partial charge on any atom is 0.139 e. The van der Waals surface area contributed by atoms with Gasteiger partial charge in [0.05, 0.1) is 0 Å². The molecular formula is C18H19NO. The maximum atomic E-state index is 12.5. The summed E-state index contributed by atoms with van der Waals surface area (Å²) < 4.78 is 0. The van der Waals surface area contributed by atoms with Gasteiger partial charge in [-0.25, -0.2) is 0 Å². The van der Waals surface area contributed by atoms with Gasteiger partial charge in [-0.1, -0.05) is 36.4 Å². The molecule has 102 valence electrons. The Kier molecular flexibility index (Phi) is 3.64. The lowest BCUT2D eigenvalue weighted by atomic mass is 9.75. The van der Waals surface area contributed by atoms with Gasteiger partial charge in [-0.3, -0.25) is 9.78 Å². The Balaban J connectivity index is 1.87. The van der Waals surface area contributed by atoms with E-state index in [1.165, 1.54) is 11.1 Å². The standard InChI is InChI=1S/C18H19NO/c20-17-9-4-10-18(17,12-15-6-2-1-3-7-15)13-16-8-5-11-19-14-16/h1-3,5-8,11,14H,4,9-10,12-13H2. The molecule has 1 aliphatic carbocycles. The summed E-state index contributed by atoms with van der Waals surface area (Å²) in [5.41, 5.74) is 2.20. The average molecular weight is 265 g/mol. The van der Waals surface area contributed by atoms with Gasteiger partial charge in [0.15, 0.2) is 0 Å². The number of carbonyl (C=O) groups is 1. The van der Waals surface area contributed by atoms with E-state index in [-0.39, 0.29) is 5.41 Å². The first-order valence-corrected chi connectivity index (χ1v) is 7.25. The summed E-state index contributed by atoms with van der Waals surface area (Å²) in [6.07, 6.45) is 8.08. The van der Waals surface area contributed by atoms with Gasteiger partial charge in [0, 0.05) is 24.2 Å². The summed E-state index contributed by atoms with van der Waals surface area (Å²) in [5, 5.41) is 0. The second-order valence-electron chi connectivity index (χ2n) is 5.76. The number of aromatic nitrogens is 1. The molecule has 2 nitrogen and oxygen atoms in total. The van der Waals surface area contributed by atoms with Gasteiger partial charge in [0.2, 0.25) is 0 Å². The van der Waals surface area contributed by atoms with E-state index in [9.17, 15) is 4.79 Å². The van der Waals surface area contributed by atoms with Crippen molar-refractivity contribution in [2.75, 3.05) is 0 Å². The molecule has 1 atom stereocenters. The number of rotatable bonds is 4. The molecule has 0 N–H and O–H groups in total. The molecule has 1 aromatic heterocycles. The van der Waals surface area contributed by atoms with Crippen LogP contribution in [-0.2, 0) is 17.6 Å². The third-order valence-corrected chi connectivity index (χ3v) is 4.30. The van der Waals surface area contributed by atoms with Crippen molar-refractivity contribution in [2.24, 2.45) is 5.41 Å². The molecule has 2 heteroatoms. The second kappa shape index (κ2) is 5.58. The third-order valence-electron chi connectivity index (χ3n) is 4.30. The van der Waals surface area contributed by atoms with Crippen molar-refractivity contribution in [3.63, 3.8) is 0 Å². The van der Waals surface area contributed by atoms with Crippen LogP contribution in [0.15, 0.2) is 54.9 Å². The lowest BCUT2D eigenvalue weighted by molar-refractivity contribution is -0.125. The van der Waals surface area contributed by atoms with Crippen molar-refractivity contribution in [2.45, 2.75) is 32.1 Å². The normalized spacial score (nSPS) is 22.1. The quantitative estimate of drug-likeness (QED) is 0.845. The van der Waals surface area contributed by atoms with E-state index in [1.54, 1.807) is 6.20 Å². The number of hydrogen-bond acceptors (Lipinski definition) is 2. The van der Waals surface area contributed by atoms with Crippen LogP contribution >= 0.6 is 0 Å². The lowest BCUT2D eigenvalue weighted by Crippen LogP contribution is -2.31. The molecule has 0 radical (unpaired) electrons. The largest absolute Gasteiger partial charge is 0.299 e. The predicted molar refractivity (Wildman–Crippen MR) is 79.4 cm³/mol. The van der Waals surface area contributed by atoms with Crippen LogP contribution in [0.25, 0.3) is 0 Å². The van der Waals surface area contributed by atoms with E-state index in [4.69, 9.17) is 0 Å². The van der Waals surface area contributed by atoms with Crippen LogP contribution in [0, 0.1) is 5.41 Å². The number of ketones is 1. The minimum absolute atomic E-state index is 0.218. The number of benzene rings is 1. The van der Waals surface area contributed by atoms with E-state index < -0.39 is 0 Å². The fraction of sp³-hybridized carbons (Fsp3) is 0.333. The SMILES string of the molecule is O=C1CCCC1(Cc1ccccc1)Cc1cccnc1. The Hall–Kier alpha value is -1.96. The Labute approximate surface area is 119 Å². The van der Waals surface area contributed by atoms with E-state index in [0.29, 0.717) is 5.78 Å². The number of pyridine rings is 1. The van der Waals surface area contributed by atoms with E-state index in [2.05, 4.69) is 23.2 Å². The van der Waals surface area contributed by atoms with Crippen LogP contribution in [0.1, 0.15) is 30.4 Å². The zero-order chi connectivity index (χ0) is 13.8. The fourth-order valence-corrected chi connectivity index (χ4v) is 3.31. The number of nitrogens with zero attached hydrogens (tertiary/aromatic N) is 1. The van der Waals surface area contributed by atoms with Gasteiger partial charge < -0.3 is 0 Å². The maximum absolute atomic E-state index is 12.5. The first-order chi connectivity index (χ1) is 9.78. The van der Waals surface area contributed by atoms with Gasteiger partial charge in [-0.2, -0.15) is 0 Å². The van der Waals surface area contributed by atoms with E-state index >= 15 is 0 Å². The monoisotopic (exact) mass is 265 g/mol. The number of Topliss-reactive ketones (excluding diaryl/α,β-unsaturated/α-hetero) is 1. The molecular weight excluding hydrogens is 246 g/mol. The van der Waals surface area contributed by atoms with Crippen molar-refractivity contribution < 1.29 is 4.79 Å². The lowest BCUT2D eigenvalue weighted by Gasteiger charge is -2.27. The Bertz CT molecular complexity index is 535. The molecule has 0 aliphatic heterocycles. The molecule has 0 spiro atoms. The Morgan fingerprint density at radius 2 is 1.75 bits per heavy atom. The van der Waals surface area contributed by atoms with Gasteiger partial charge in [-0.15, -0.1) is 0 Å². The molecule has 1 saturated carbocycles. The number of carbonyl (C=O) groups excluding carboxylic acids is 1. The van der Waals surface area contributed by atoms with Crippen molar-refractivity contribution >= 4 is 5.78 Å². The van der Waals surface area contributed by atoms with Crippen molar-refractivity contribution in [1.82, 2.24) is 4.98 Å². The summed E-state index contributed by atoms with van der Waals surface area (Å²) in [6.45, 7) is 0. The minimum Gasteiger partial charge on any atom is -0.299 e. The molecule has 1 unspecified atom stereocenters. The topological polar surface area (TPSA) is 30.0 Å². The van der Waals surface area contributed by atoms with Crippen molar-refractivity contribution in [3.8, 4) is 0 Å². The highest BCUT2D eigenvalue weighted by Crippen LogP contribution is 2.40. The van der Waals surface area contributed by atoms with Gasteiger partial charge in [-0.05, 0) is 42.9 Å². The molecule has 1 fully saturated rings. The van der Waals surface area contributed by atoms with Crippen LogP contribution in [0.2, 0.25) is 0 Å². The highest BCUT2D eigenvalue weighted by molar-refractivity contribution is 5.87. The summed E-state index contributed by atoms with van der Waals surface area (Å²) >= 11 is 0. The highest BCUT2D eigenvalue weighted by Gasteiger charge is 2.41. The summed E-state index contributed by atoms with van der Waals surface area (Å²) in [6, 6.07) is 14.4. The molecule has 0 bridgehead atoms. The zero-order valence-corrected chi connectivity index (χ0v) is 11.6. The summed E-state index contributed by atoms with van der Waals surface area (Å²) in [7, 11) is 0. The Morgan fingerprint density at radius 3 is 2.40 bits per heavy atom. The summed E-state index contributed by atoms with van der Waals surface area (Å²) in [5.74, 6) is 0.421. The van der Waals surface area contributed by atoms with E-state index in [1.807, 2.05) is 30.5 Å². The first kappa shape index (κ1) is 13.0. The van der Waals surface area contributed by atoms with Gasteiger partial charge >= 0.3 is 0 Å². The molecule has 1 aromatic carbocycles. The van der Waals surface area contributed by atoms with E-state index in [0.717, 1.165) is 32.1 Å². The fourth-order valence-electron chi connectivity index (χ4n) is 3.31. The van der Waals surface area contributed by atoms with Crippen LogP contribution in [-0.4, -0.2) is 10.8 Å². The number of hydrogen-bond donors (Lipinski definition) is 0. The van der Waals surface area contributed by atoms with Crippen LogP contribution < -0.4 is 0 Å². The predicted octanol–water partition coefficient (Wildman–Crippen LogP) is 3.61. The zero-order valence-electron chi connectivity index (χ0n) is 11.6. The van der Waals surface area contributed by atoms with Crippen molar-refractivity contribution in [3.05, 3.63) is 66.0 Å². The second-order valence-corrected chi connectivity index (χ2v) is 5.76. The third kappa shape index (κ3) is 2.64. The summed E-state index contributed by atoms with van der Waals surface area (Å²) in [4.78, 5) is 16.7. The smallest absolute Gasteiger partial charge is 0.139 e. The molecule has 20 heavy (non-hydrogen) atoms. The van der Waals surface area contributed by atoms with Crippen LogP contribution in [0.4, 0.5) is 0 Å². The molecule has 1 aliphatic rings. The van der Waals surface area contributed by atoms with Crippen molar-refractivity contribution in [1.29, 1.82) is 0 Å². The van der Waals surface area contributed by atoms with Gasteiger partial charge in [0.1, 0.15) is 5.78 Å². The molecule has 0 amide bonds. The van der Waals surface area contributed by atoms with Gasteiger partial charge in [0.25, 0.3) is 0 Å². The molecule has 0 saturated heterocycles. The first-order valence-electron chi connectivity index (χ1n) is 7.25. The molecule has 1 heterocycles. The minimum atomic E-state index is -0.218. The average Bonchev–Trinajstić information content (AvgIpc) is 2.82. The molecule has 2 aromatic rings.